The molecule has 10 heavy (non-hydrogen) atoms. The van der Waals surface area contributed by atoms with Crippen LogP contribution in [0.15, 0.2) is 0 Å². The number of alkyl halides is 2. The van der Waals surface area contributed by atoms with Crippen LogP contribution in [0.5, 0.6) is 0 Å². The zero-order valence-electron chi connectivity index (χ0n) is 6.02. The topological polar surface area (TPSA) is 3.24 Å². The van der Waals surface area contributed by atoms with E-state index < -0.39 is 6.17 Å². The van der Waals surface area contributed by atoms with Gasteiger partial charge in [-0.1, -0.05) is 0 Å². The fraction of sp³-hybridized carbons (Fsp3) is 1.00. The van der Waals surface area contributed by atoms with Gasteiger partial charge in [-0.3, -0.25) is 4.39 Å². The lowest BCUT2D eigenvalue weighted by Crippen LogP contribution is -2.22. The Morgan fingerprint density at radius 1 is 1.50 bits per heavy atom. The van der Waals surface area contributed by atoms with E-state index in [1.807, 2.05) is 4.90 Å². The normalized spacial score (nSPS) is 27.6. The molecule has 1 fully saturated rings. The monoisotopic (exact) mass is 149 g/mol. The Morgan fingerprint density at radius 3 is 2.80 bits per heavy atom. The number of nitrogens with zero attached hydrogens (tertiary/aromatic N) is 1. The van der Waals surface area contributed by atoms with Crippen molar-refractivity contribution in [2.75, 3.05) is 26.3 Å². The van der Waals surface area contributed by atoms with Crippen molar-refractivity contribution < 1.29 is 8.78 Å². The van der Waals surface area contributed by atoms with E-state index in [1.54, 1.807) is 0 Å². The van der Waals surface area contributed by atoms with Gasteiger partial charge in [-0.15, -0.1) is 0 Å². The molecule has 0 N–H and O–H groups in total. The molecule has 0 aliphatic carbocycles. The number of rotatable bonds is 3. The maximum Gasteiger partial charge on any atom is 0.114 e. The van der Waals surface area contributed by atoms with Crippen LogP contribution < -0.4 is 0 Å². The summed E-state index contributed by atoms with van der Waals surface area (Å²) in [6, 6.07) is 0. The van der Waals surface area contributed by atoms with Gasteiger partial charge in [-0.2, -0.15) is 0 Å². The second-order valence-electron chi connectivity index (χ2n) is 2.73. The number of hydrogen-bond acceptors (Lipinski definition) is 1. The zero-order chi connectivity index (χ0) is 7.40. The molecule has 1 saturated heterocycles. The van der Waals surface area contributed by atoms with Gasteiger partial charge in [0.05, 0.1) is 6.67 Å². The molecule has 0 aromatic carbocycles. The highest BCUT2D eigenvalue weighted by molar-refractivity contribution is 4.74. The van der Waals surface area contributed by atoms with Crippen LogP contribution in [-0.4, -0.2) is 37.4 Å². The van der Waals surface area contributed by atoms with Crippen molar-refractivity contribution in [2.45, 2.75) is 19.0 Å². The molecule has 0 aromatic rings. The van der Waals surface area contributed by atoms with Crippen LogP contribution in [0, 0.1) is 0 Å². The van der Waals surface area contributed by atoms with Crippen molar-refractivity contribution in [3.05, 3.63) is 0 Å². The molecule has 1 aliphatic heterocycles. The molecule has 0 saturated carbocycles. The van der Waals surface area contributed by atoms with Crippen LogP contribution in [0.4, 0.5) is 8.78 Å². The maximum absolute atomic E-state index is 12.5. The standard InChI is InChI=1S/C7H13F2N/c8-3-1-4-10-5-2-7(9)6-10/h7H,1-6H2/t7-/m0/s1. The molecule has 0 spiro atoms. The quantitative estimate of drug-likeness (QED) is 0.586. The zero-order valence-corrected chi connectivity index (χ0v) is 6.02. The molecule has 0 radical (unpaired) electrons. The predicted octanol–water partition coefficient (Wildman–Crippen LogP) is 1.39. The minimum atomic E-state index is -0.667. The first-order valence-corrected chi connectivity index (χ1v) is 3.75. The number of halogens is 2. The minimum Gasteiger partial charge on any atom is -0.300 e. The summed E-state index contributed by atoms with van der Waals surface area (Å²) >= 11 is 0. The van der Waals surface area contributed by atoms with Crippen LogP contribution in [-0.2, 0) is 0 Å². The summed E-state index contributed by atoms with van der Waals surface area (Å²) in [5, 5.41) is 0. The average molecular weight is 149 g/mol. The SMILES string of the molecule is FCCCN1CC[C@H](F)C1. The summed E-state index contributed by atoms with van der Waals surface area (Å²) in [6.45, 7) is 1.76. The van der Waals surface area contributed by atoms with Gasteiger partial charge >= 0.3 is 0 Å². The van der Waals surface area contributed by atoms with Crippen molar-refractivity contribution in [1.29, 1.82) is 0 Å². The third kappa shape index (κ3) is 2.21. The van der Waals surface area contributed by atoms with Gasteiger partial charge in [0.25, 0.3) is 0 Å². The Bertz CT molecular complexity index is 97.6. The summed E-state index contributed by atoms with van der Waals surface area (Å²) in [5.41, 5.74) is 0. The summed E-state index contributed by atoms with van der Waals surface area (Å²) in [6.07, 6.45) is 0.513. The lowest BCUT2D eigenvalue weighted by molar-refractivity contribution is 0.275. The molecule has 60 valence electrons. The van der Waals surface area contributed by atoms with Crippen LogP contribution in [0.1, 0.15) is 12.8 Å². The lowest BCUT2D eigenvalue weighted by atomic mass is 10.3. The summed E-state index contributed by atoms with van der Waals surface area (Å²) in [7, 11) is 0. The largest absolute Gasteiger partial charge is 0.300 e. The Kier molecular flexibility index (Phi) is 3.06. The molecule has 0 bridgehead atoms. The average Bonchev–Trinajstić information content (AvgIpc) is 2.31. The van der Waals surface area contributed by atoms with Crippen molar-refractivity contribution >= 4 is 0 Å². The first-order valence-electron chi connectivity index (χ1n) is 3.75. The van der Waals surface area contributed by atoms with E-state index in [-0.39, 0.29) is 6.67 Å². The van der Waals surface area contributed by atoms with Crippen molar-refractivity contribution in [3.8, 4) is 0 Å². The second-order valence-corrected chi connectivity index (χ2v) is 2.73. The molecule has 0 unspecified atom stereocenters. The van der Waals surface area contributed by atoms with Crippen molar-refractivity contribution in [3.63, 3.8) is 0 Å². The third-order valence-electron chi connectivity index (χ3n) is 1.82. The Balaban J connectivity index is 2.06. The van der Waals surface area contributed by atoms with Gasteiger partial charge in [0.15, 0.2) is 0 Å². The third-order valence-corrected chi connectivity index (χ3v) is 1.82. The molecule has 1 aliphatic rings. The van der Waals surface area contributed by atoms with Crippen molar-refractivity contribution in [1.82, 2.24) is 4.90 Å². The Morgan fingerprint density at radius 2 is 2.30 bits per heavy atom. The molecular weight excluding hydrogens is 136 g/mol. The molecular formula is C7H13F2N. The van der Waals surface area contributed by atoms with Crippen LogP contribution in [0.25, 0.3) is 0 Å². The van der Waals surface area contributed by atoms with Crippen LogP contribution in [0.3, 0.4) is 0 Å². The highest BCUT2D eigenvalue weighted by atomic mass is 19.1. The van der Waals surface area contributed by atoms with Gasteiger partial charge in [0, 0.05) is 19.6 Å². The molecule has 1 rings (SSSR count). The van der Waals surface area contributed by atoms with Gasteiger partial charge in [-0.25, -0.2) is 4.39 Å². The first-order chi connectivity index (χ1) is 4.83. The highest BCUT2D eigenvalue weighted by Crippen LogP contribution is 2.11. The van der Waals surface area contributed by atoms with Gasteiger partial charge < -0.3 is 4.90 Å². The van der Waals surface area contributed by atoms with Gasteiger partial charge in [-0.05, 0) is 12.8 Å². The summed E-state index contributed by atoms with van der Waals surface area (Å²) in [4.78, 5) is 1.98. The fourth-order valence-corrected chi connectivity index (χ4v) is 1.27. The van der Waals surface area contributed by atoms with E-state index in [2.05, 4.69) is 0 Å². The molecule has 1 nitrogen and oxygen atoms in total. The van der Waals surface area contributed by atoms with Gasteiger partial charge in [0.2, 0.25) is 0 Å². The van der Waals surface area contributed by atoms with Crippen LogP contribution in [0.2, 0.25) is 0 Å². The smallest absolute Gasteiger partial charge is 0.114 e. The second kappa shape index (κ2) is 3.86. The predicted molar refractivity (Wildman–Crippen MR) is 36.5 cm³/mol. The minimum absolute atomic E-state index is 0.284. The van der Waals surface area contributed by atoms with E-state index in [4.69, 9.17) is 0 Å². The maximum atomic E-state index is 12.5. The van der Waals surface area contributed by atoms with Crippen molar-refractivity contribution in [2.24, 2.45) is 0 Å². The molecule has 3 heteroatoms. The van der Waals surface area contributed by atoms with E-state index in [9.17, 15) is 8.78 Å². The Labute approximate surface area is 60.0 Å². The number of hydrogen-bond donors (Lipinski definition) is 0. The van der Waals surface area contributed by atoms with E-state index in [0.29, 0.717) is 19.4 Å². The molecule has 1 heterocycles. The summed E-state index contributed by atoms with van der Waals surface area (Å²) in [5.74, 6) is 0. The highest BCUT2D eigenvalue weighted by Gasteiger charge is 2.20. The van der Waals surface area contributed by atoms with E-state index >= 15 is 0 Å². The molecule has 0 aromatic heterocycles. The van der Waals surface area contributed by atoms with E-state index in [0.717, 1.165) is 13.1 Å². The van der Waals surface area contributed by atoms with Crippen LogP contribution >= 0.6 is 0 Å². The summed E-state index contributed by atoms with van der Waals surface area (Å²) < 4.78 is 24.1. The number of likely N-dealkylation sites (tertiary alicyclic amines) is 1. The van der Waals surface area contributed by atoms with E-state index in [1.165, 1.54) is 0 Å². The lowest BCUT2D eigenvalue weighted by Gasteiger charge is -2.11. The first kappa shape index (κ1) is 7.92. The molecule has 0 amide bonds. The Hall–Kier alpha value is -0.180. The molecule has 1 atom stereocenters. The fourth-order valence-electron chi connectivity index (χ4n) is 1.27. The van der Waals surface area contributed by atoms with Gasteiger partial charge in [0.1, 0.15) is 6.17 Å².